The number of aromatic amines is 1. The van der Waals surface area contributed by atoms with Gasteiger partial charge in [0.15, 0.2) is 0 Å². The van der Waals surface area contributed by atoms with Gasteiger partial charge in [-0.05, 0) is 32.8 Å². The first-order valence-electron chi connectivity index (χ1n) is 7.67. The van der Waals surface area contributed by atoms with Crippen LogP contribution in [0, 0.1) is 13.8 Å². The van der Waals surface area contributed by atoms with E-state index < -0.39 is 0 Å². The second-order valence-electron chi connectivity index (χ2n) is 5.16. The maximum Gasteiger partial charge on any atom is 0.340 e. The first-order chi connectivity index (χ1) is 10.0. The van der Waals surface area contributed by atoms with Crippen molar-refractivity contribution in [3.63, 3.8) is 0 Å². The van der Waals surface area contributed by atoms with Crippen LogP contribution in [0.15, 0.2) is 0 Å². The summed E-state index contributed by atoms with van der Waals surface area (Å²) in [6.07, 6.45) is 4.45. The Balaban J connectivity index is 2.69. The van der Waals surface area contributed by atoms with Crippen molar-refractivity contribution in [1.29, 1.82) is 0 Å². The van der Waals surface area contributed by atoms with E-state index in [4.69, 9.17) is 4.74 Å². The quantitative estimate of drug-likeness (QED) is 0.571. The summed E-state index contributed by atoms with van der Waals surface area (Å²) in [6, 6.07) is 0. The van der Waals surface area contributed by atoms with Gasteiger partial charge in [0.25, 0.3) is 5.91 Å². The minimum Gasteiger partial charge on any atom is -0.462 e. The number of aryl methyl sites for hydroxylation is 1. The summed E-state index contributed by atoms with van der Waals surface area (Å²) in [5, 5.41) is 2.89. The van der Waals surface area contributed by atoms with Crippen molar-refractivity contribution in [3.05, 3.63) is 22.5 Å². The number of rotatable bonds is 8. The predicted octanol–water partition coefficient (Wildman–Crippen LogP) is 3.12. The Morgan fingerprint density at radius 2 is 1.86 bits per heavy atom. The zero-order valence-corrected chi connectivity index (χ0v) is 13.5. The number of unbranched alkanes of at least 4 members (excludes halogenated alkanes) is 3. The molecular weight excluding hydrogens is 268 g/mol. The highest BCUT2D eigenvalue weighted by Crippen LogP contribution is 2.19. The molecule has 0 aliphatic rings. The second-order valence-corrected chi connectivity index (χ2v) is 5.16. The Bertz CT molecular complexity index is 492. The molecule has 5 nitrogen and oxygen atoms in total. The molecule has 0 atom stereocenters. The maximum absolute atomic E-state index is 12.1. The van der Waals surface area contributed by atoms with Crippen LogP contribution in [0.2, 0.25) is 0 Å². The molecule has 0 aliphatic carbocycles. The molecule has 1 aromatic rings. The number of amides is 1. The Labute approximate surface area is 126 Å². The van der Waals surface area contributed by atoms with Crippen molar-refractivity contribution in [2.75, 3.05) is 13.2 Å². The number of hydrogen-bond acceptors (Lipinski definition) is 3. The van der Waals surface area contributed by atoms with Gasteiger partial charge in [-0.1, -0.05) is 26.2 Å². The normalized spacial score (nSPS) is 10.5. The number of aromatic nitrogens is 1. The molecule has 0 unspecified atom stereocenters. The monoisotopic (exact) mass is 294 g/mol. The molecule has 0 saturated carbocycles. The van der Waals surface area contributed by atoms with Crippen molar-refractivity contribution >= 4 is 11.9 Å². The van der Waals surface area contributed by atoms with Crippen molar-refractivity contribution in [3.8, 4) is 0 Å². The van der Waals surface area contributed by atoms with E-state index >= 15 is 0 Å². The van der Waals surface area contributed by atoms with Crippen LogP contribution in [-0.2, 0) is 4.74 Å². The summed E-state index contributed by atoms with van der Waals surface area (Å²) in [6.45, 7) is 8.44. The van der Waals surface area contributed by atoms with Crippen LogP contribution < -0.4 is 5.32 Å². The van der Waals surface area contributed by atoms with Crippen LogP contribution in [0.1, 0.15) is 71.6 Å². The Hall–Kier alpha value is -1.78. The molecule has 0 spiro atoms. The molecule has 1 heterocycles. The average molecular weight is 294 g/mol. The van der Waals surface area contributed by atoms with E-state index in [9.17, 15) is 9.59 Å². The van der Waals surface area contributed by atoms with E-state index in [1.54, 1.807) is 20.8 Å². The molecule has 1 amide bonds. The highest BCUT2D eigenvalue weighted by Gasteiger charge is 2.22. The van der Waals surface area contributed by atoms with Gasteiger partial charge in [-0.2, -0.15) is 0 Å². The van der Waals surface area contributed by atoms with Gasteiger partial charge in [-0.15, -0.1) is 0 Å². The largest absolute Gasteiger partial charge is 0.462 e. The zero-order chi connectivity index (χ0) is 15.8. The minimum absolute atomic E-state index is 0.164. The van der Waals surface area contributed by atoms with E-state index in [2.05, 4.69) is 17.2 Å². The van der Waals surface area contributed by atoms with Crippen LogP contribution in [0.3, 0.4) is 0 Å². The molecule has 0 radical (unpaired) electrons. The third kappa shape index (κ3) is 4.62. The number of ether oxygens (including phenoxy) is 1. The number of nitrogens with one attached hydrogen (secondary N) is 2. The number of esters is 1. The highest BCUT2D eigenvalue weighted by atomic mass is 16.5. The lowest BCUT2D eigenvalue weighted by molar-refractivity contribution is 0.0525. The fourth-order valence-corrected chi connectivity index (χ4v) is 2.33. The molecule has 21 heavy (non-hydrogen) atoms. The molecule has 1 rings (SSSR count). The van der Waals surface area contributed by atoms with Crippen molar-refractivity contribution < 1.29 is 14.3 Å². The van der Waals surface area contributed by atoms with E-state index in [1.165, 1.54) is 12.8 Å². The summed E-state index contributed by atoms with van der Waals surface area (Å²) >= 11 is 0. The van der Waals surface area contributed by atoms with Crippen molar-refractivity contribution in [2.45, 2.75) is 53.4 Å². The molecule has 2 N–H and O–H groups in total. The number of carbonyl (C=O) groups excluding carboxylic acids is 2. The Morgan fingerprint density at radius 3 is 2.48 bits per heavy atom. The van der Waals surface area contributed by atoms with Gasteiger partial charge in [0.1, 0.15) is 5.69 Å². The molecule has 0 aliphatic heterocycles. The lowest BCUT2D eigenvalue weighted by Crippen LogP contribution is -2.25. The molecule has 0 saturated heterocycles. The van der Waals surface area contributed by atoms with Crippen molar-refractivity contribution in [2.24, 2.45) is 0 Å². The Kier molecular flexibility index (Phi) is 6.99. The highest BCUT2D eigenvalue weighted by molar-refractivity contribution is 6.00. The Morgan fingerprint density at radius 1 is 1.14 bits per heavy atom. The van der Waals surface area contributed by atoms with Gasteiger partial charge in [-0.3, -0.25) is 4.79 Å². The lowest BCUT2D eigenvalue weighted by atomic mass is 10.1. The average Bonchev–Trinajstić information content (AvgIpc) is 2.74. The van der Waals surface area contributed by atoms with Crippen LogP contribution in [0.25, 0.3) is 0 Å². The number of H-pyrrole nitrogens is 1. The topological polar surface area (TPSA) is 71.2 Å². The summed E-state index contributed by atoms with van der Waals surface area (Å²) in [5.41, 5.74) is 2.23. The molecule has 118 valence electrons. The minimum atomic E-state index is -0.384. The fourth-order valence-electron chi connectivity index (χ4n) is 2.33. The third-order valence-electron chi connectivity index (χ3n) is 3.46. The standard InChI is InChI=1S/C16H26N2O3/c1-5-7-8-9-10-17-15(19)14-11(3)13(12(4)18-14)16(20)21-6-2/h18H,5-10H2,1-4H3,(H,17,19). The van der Waals surface area contributed by atoms with Crippen LogP contribution in [0.5, 0.6) is 0 Å². The second kappa shape index (κ2) is 8.49. The molecule has 0 fully saturated rings. The van der Waals surface area contributed by atoms with Gasteiger partial charge in [0, 0.05) is 12.2 Å². The molecule has 0 bridgehead atoms. The van der Waals surface area contributed by atoms with Gasteiger partial charge in [0.05, 0.1) is 12.2 Å². The summed E-state index contributed by atoms with van der Waals surface area (Å²) in [7, 11) is 0. The molecule has 0 aromatic carbocycles. The van der Waals surface area contributed by atoms with Gasteiger partial charge in [0.2, 0.25) is 0 Å². The molecule has 1 aromatic heterocycles. The first kappa shape index (κ1) is 17.3. The summed E-state index contributed by atoms with van der Waals surface area (Å²) < 4.78 is 5.02. The van der Waals surface area contributed by atoms with Crippen LogP contribution >= 0.6 is 0 Å². The molecule has 5 heteroatoms. The van der Waals surface area contributed by atoms with Crippen molar-refractivity contribution in [1.82, 2.24) is 10.3 Å². The van der Waals surface area contributed by atoms with Crippen LogP contribution in [0.4, 0.5) is 0 Å². The summed E-state index contributed by atoms with van der Waals surface area (Å²) in [5.74, 6) is -0.548. The predicted molar refractivity (Wildman–Crippen MR) is 82.7 cm³/mol. The van der Waals surface area contributed by atoms with Gasteiger partial charge >= 0.3 is 5.97 Å². The first-order valence-corrected chi connectivity index (χ1v) is 7.67. The van der Waals surface area contributed by atoms with Crippen LogP contribution in [-0.4, -0.2) is 30.0 Å². The van der Waals surface area contributed by atoms with E-state index in [0.29, 0.717) is 35.7 Å². The zero-order valence-electron chi connectivity index (χ0n) is 13.5. The fraction of sp³-hybridized carbons (Fsp3) is 0.625. The summed E-state index contributed by atoms with van der Waals surface area (Å²) in [4.78, 5) is 27.0. The smallest absolute Gasteiger partial charge is 0.340 e. The van der Waals surface area contributed by atoms with Gasteiger partial charge in [-0.25, -0.2) is 4.79 Å². The van der Waals surface area contributed by atoms with E-state index in [0.717, 1.165) is 12.8 Å². The third-order valence-corrected chi connectivity index (χ3v) is 3.46. The number of carbonyl (C=O) groups is 2. The maximum atomic E-state index is 12.1. The van der Waals surface area contributed by atoms with E-state index in [1.807, 2.05) is 0 Å². The van der Waals surface area contributed by atoms with Gasteiger partial charge < -0.3 is 15.0 Å². The van der Waals surface area contributed by atoms with E-state index in [-0.39, 0.29) is 11.9 Å². The SMILES string of the molecule is CCCCCCNC(=O)c1[nH]c(C)c(C(=O)OCC)c1C. The lowest BCUT2D eigenvalue weighted by Gasteiger charge is -2.05. The number of hydrogen-bond donors (Lipinski definition) is 2. The molecular formula is C16H26N2O3.